The van der Waals surface area contributed by atoms with Crippen LogP contribution in [0.2, 0.25) is 0 Å². The zero-order chi connectivity index (χ0) is 18.4. The van der Waals surface area contributed by atoms with E-state index in [0.717, 1.165) is 30.8 Å². The molecule has 2 atom stereocenters. The van der Waals surface area contributed by atoms with Crippen molar-refractivity contribution < 1.29 is 9.53 Å². The summed E-state index contributed by atoms with van der Waals surface area (Å²) in [7, 11) is 0. The third kappa shape index (κ3) is 4.44. The second-order valence-corrected chi connectivity index (χ2v) is 6.89. The van der Waals surface area contributed by atoms with Crippen molar-refractivity contribution in [2.24, 2.45) is 11.7 Å². The molecule has 0 radical (unpaired) electrons. The van der Waals surface area contributed by atoms with Crippen LogP contribution in [0, 0.1) is 5.92 Å². The monoisotopic (exact) mass is 352 g/mol. The zero-order valence-electron chi connectivity index (χ0n) is 15.4. The van der Waals surface area contributed by atoms with Gasteiger partial charge in [-0.15, -0.1) is 0 Å². The molecule has 1 aliphatic heterocycles. The number of ether oxygens (including phenoxy) is 1. The predicted octanol–water partition coefficient (Wildman–Crippen LogP) is 3.22. The third-order valence-corrected chi connectivity index (χ3v) is 5.19. The van der Waals surface area contributed by atoms with Crippen molar-refractivity contribution in [2.45, 2.75) is 25.7 Å². The van der Waals surface area contributed by atoms with Crippen molar-refractivity contribution in [3.63, 3.8) is 0 Å². The number of nitrogens with zero attached hydrogens (tertiary/aromatic N) is 1. The lowest BCUT2D eigenvalue weighted by atomic mass is 9.89. The minimum Gasteiger partial charge on any atom is -0.494 e. The molecule has 1 fully saturated rings. The lowest BCUT2D eigenvalue weighted by molar-refractivity contribution is -0.130. The van der Waals surface area contributed by atoms with Crippen LogP contribution >= 0.6 is 0 Å². The molecule has 0 saturated carbocycles. The van der Waals surface area contributed by atoms with Crippen molar-refractivity contribution in [1.29, 1.82) is 0 Å². The lowest BCUT2D eigenvalue weighted by Crippen LogP contribution is -2.30. The molecule has 2 aromatic rings. The van der Waals surface area contributed by atoms with Crippen LogP contribution in [0.15, 0.2) is 54.6 Å². The fraction of sp³-hybridized carbons (Fsp3) is 0.409. The van der Waals surface area contributed by atoms with Gasteiger partial charge in [0.15, 0.2) is 0 Å². The number of hydrogen-bond acceptors (Lipinski definition) is 3. The maximum Gasteiger partial charge on any atom is 0.222 e. The quantitative estimate of drug-likeness (QED) is 0.832. The van der Waals surface area contributed by atoms with E-state index in [2.05, 4.69) is 24.3 Å². The molecule has 2 N–H and O–H groups in total. The molecule has 4 nitrogen and oxygen atoms in total. The molecule has 2 aromatic carbocycles. The highest BCUT2D eigenvalue weighted by molar-refractivity contribution is 5.77. The van der Waals surface area contributed by atoms with Crippen LogP contribution in [0.5, 0.6) is 5.75 Å². The highest BCUT2D eigenvalue weighted by Crippen LogP contribution is 2.32. The van der Waals surface area contributed by atoms with Gasteiger partial charge in [0.05, 0.1) is 6.61 Å². The molecule has 0 bridgehead atoms. The molecule has 0 aromatic heterocycles. The summed E-state index contributed by atoms with van der Waals surface area (Å²) in [5.41, 5.74) is 8.42. The Morgan fingerprint density at radius 3 is 2.50 bits per heavy atom. The van der Waals surface area contributed by atoms with Gasteiger partial charge >= 0.3 is 0 Å². The van der Waals surface area contributed by atoms with Crippen molar-refractivity contribution >= 4 is 5.91 Å². The molecule has 1 saturated heterocycles. The third-order valence-electron chi connectivity index (χ3n) is 5.19. The van der Waals surface area contributed by atoms with E-state index in [4.69, 9.17) is 10.5 Å². The zero-order valence-corrected chi connectivity index (χ0v) is 15.4. The molecule has 1 aliphatic rings. The van der Waals surface area contributed by atoms with Gasteiger partial charge in [0.25, 0.3) is 0 Å². The largest absolute Gasteiger partial charge is 0.494 e. The predicted molar refractivity (Wildman–Crippen MR) is 104 cm³/mol. The Morgan fingerprint density at radius 2 is 1.85 bits per heavy atom. The smallest absolute Gasteiger partial charge is 0.222 e. The average molecular weight is 352 g/mol. The summed E-state index contributed by atoms with van der Waals surface area (Å²) in [5.74, 6) is 1.77. The van der Waals surface area contributed by atoms with Crippen molar-refractivity contribution in [3.8, 4) is 5.75 Å². The summed E-state index contributed by atoms with van der Waals surface area (Å²) < 4.78 is 5.46. The van der Waals surface area contributed by atoms with Crippen LogP contribution < -0.4 is 10.5 Å². The fourth-order valence-corrected chi connectivity index (χ4v) is 3.72. The summed E-state index contributed by atoms with van der Waals surface area (Å²) in [6.07, 6.45) is 1.29. The summed E-state index contributed by atoms with van der Waals surface area (Å²) in [6.45, 7) is 4.78. The van der Waals surface area contributed by atoms with Crippen LogP contribution in [0.1, 0.15) is 30.4 Å². The number of nitrogens with two attached hydrogens (primary N) is 1. The summed E-state index contributed by atoms with van der Waals surface area (Å²) in [4.78, 5) is 14.7. The van der Waals surface area contributed by atoms with Gasteiger partial charge < -0.3 is 15.4 Å². The maximum atomic E-state index is 12.7. The van der Waals surface area contributed by atoms with Crippen molar-refractivity contribution in [3.05, 3.63) is 65.7 Å². The summed E-state index contributed by atoms with van der Waals surface area (Å²) in [6, 6.07) is 18.4. The van der Waals surface area contributed by atoms with Crippen LogP contribution in [0.25, 0.3) is 0 Å². The van der Waals surface area contributed by atoms with Gasteiger partial charge in [0, 0.05) is 25.4 Å². The number of carbonyl (C=O) groups is 1. The van der Waals surface area contributed by atoms with Crippen LogP contribution in [0.3, 0.4) is 0 Å². The number of rotatable bonds is 7. The Morgan fingerprint density at radius 1 is 1.12 bits per heavy atom. The van der Waals surface area contributed by atoms with Gasteiger partial charge in [-0.3, -0.25) is 4.79 Å². The van der Waals surface area contributed by atoms with E-state index in [9.17, 15) is 4.79 Å². The molecule has 1 amide bonds. The van der Waals surface area contributed by atoms with Gasteiger partial charge in [-0.05, 0) is 49.1 Å². The topological polar surface area (TPSA) is 55.6 Å². The standard InChI is InChI=1S/C22H28N2O2/c1-2-26-20-11-8-17(9-12-20)10-13-22(25)24-15-19(14-23)21(16-24)18-6-4-3-5-7-18/h3-9,11-12,19,21H,2,10,13-16,23H2,1H3/t19-,21+/m1/s1. The van der Waals surface area contributed by atoms with Crippen LogP contribution in [-0.2, 0) is 11.2 Å². The average Bonchev–Trinajstić information content (AvgIpc) is 3.13. The van der Waals surface area contributed by atoms with Gasteiger partial charge in [-0.2, -0.15) is 0 Å². The van der Waals surface area contributed by atoms with Gasteiger partial charge in [-0.1, -0.05) is 42.5 Å². The van der Waals surface area contributed by atoms with Crippen molar-refractivity contribution in [2.75, 3.05) is 26.2 Å². The normalized spacial score (nSPS) is 19.5. The van der Waals surface area contributed by atoms with E-state index in [1.54, 1.807) is 0 Å². The second-order valence-electron chi connectivity index (χ2n) is 6.89. The summed E-state index contributed by atoms with van der Waals surface area (Å²) in [5, 5.41) is 0. The fourth-order valence-electron chi connectivity index (χ4n) is 3.72. The Bertz CT molecular complexity index is 700. The SMILES string of the molecule is CCOc1ccc(CCC(=O)N2C[C@@H](CN)[C@H](c3ccccc3)C2)cc1. The Balaban J connectivity index is 1.56. The molecule has 4 heteroatoms. The van der Waals surface area contributed by atoms with Crippen LogP contribution in [0.4, 0.5) is 0 Å². The van der Waals surface area contributed by atoms with Gasteiger partial charge in [-0.25, -0.2) is 0 Å². The Hall–Kier alpha value is -2.33. The molecular formula is C22H28N2O2. The molecule has 3 rings (SSSR count). The number of aryl methyl sites for hydroxylation is 1. The van der Waals surface area contributed by atoms with Crippen molar-refractivity contribution in [1.82, 2.24) is 4.90 Å². The minimum atomic E-state index is 0.218. The number of likely N-dealkylation sites (tertiary alicyclic amines) is 1. The Labute approximate surface area is 156 Å². The first-order valence-corrected chi connectivity index (χ1v) is 9.45. The van der Waals surface area contributed by atoms with E-state index in [-0.39, 0.29) is 5.91 Å². The highest BCUT2D eigenvalue weighted by Gasteiger charge is 2.34. The molecular weight excluding hydrogens is 324 g/mol. The number of carbonyl (C=O) groups excluding carboxylic acids is 1. The van der Waals surface area contributed by atoms with Crippen LogP contribution in [-0.4, -0.2) is 37.0 Å². The highest BCUT2D eigenvalue weighted by atomic mass is 16.5. The number of hydrogen-bond donors (Lipinski definition) is 1. The number of benzene rings is 2. The first-order chi connectivity index (χ1) is 12.7. The molecule has 0 unspecified atom stereocenters. The molecule has 26 heavy (non-hydrogen) atoms. The van der Waals surface area contributed by atoms with E-state index in [1.165, 1.54) is 5.56 Å². The van der Waals surface area contributed by atoms with Gasteiger partial charge in [0.1, 0.15) is 5.75 Å². The minimum absolute atomic E-state index is 0.218. The molecule has 138 valence electrons. The number of amides is 1. The first-order valence-electron chi connectivity index (χ1n) is 9.45. The molecule has 0 spiro atoms. The molecule has 0 aliphatic carbocycles. The first kappa shape index (κ1) is 18.5. The second kappa shape index (κ2) is 8.86. The van der Waals surface area contributed by atoms with E-state index < -0.39 is 0 Å². The molecule has 1 heterocycles. The van der Waals surface area contributed by atoms with E-state index in [1.807, 2.05) is 42.2 Å². The lowest BCUT2D eigenvalue weighted by Gasteiger charge is -2.17. The van der Waals surface area contributed by atoms with E-state index in [0.29, 0.717) is 31.4 Å². The maximum absolute atomic E-state index is 12.7. The summed E-state index contributed by atoms with van der Waals surface area (Å²) >= 11 is 0. The van der Waals surface area contributed by atoms with E-state index >= 15 is 0 Å². The van der Waals surface area contributed by atoms with Gasteiger partial charge in [0.2, 0.25) is 5.91 Å². The Kier molecular flexibility index (Phi) is 6.29.